The monoisotopic (exact) mass is 233 g/mol. The standard InChI is InChI=1S/C13H15NO3/c15-11(14-12-7-13(16,8-12)9-12)17-6-10-4-2-1-3-5-10/h1-5,16H,6-9H2,(H,14,15). The lowest BCUT2D eigenvalue weighted by Crippen LogP contribution is -2.78. The third-order valence-corrected chi connectivity index (χ3v) is 3.58. The topological polar surface area (TPSA) is 58.6 Å². The van der Waals surface area contributed by atoms with Crippen LogP contribution in [0.4, 0.5) is 4.79 Å². The van der Waals surface area contributed by atoms with Crippen LogP contribution in [0.25, 0.3) is 0 Å². The second-order valence-corrected chi connectivity index (χ2v) is 5.22. The summed E-state index contributed by atoms with van der Waals surface area (Å²) < 4.78 is 5.13. The normalized spacial score (nSPS) is 33.2. The molecule has 0 saturated heterocycles. The van der Waals surface area contributed by atoms with Gasteiger partial charge < -0.3 is 15.2 Å². The molecule has 17 heavy (non-hydrogen) atoms. The molecule has 0 atom stereocenters. The predicted molar refractivity (Wildman–Crippen MR) is 61.3 cm³/mol. The average Bonchev–Trinajstić information content (AvgIpc) is 2.24. The highest BCUT2D eigenvalue weighted by atomic mass is 16.5. The molecule has 1 amide bonds. The molecule has 3 aliphatic rings. The molecule has 1 aromatic rings. The molecule has 3 saturated carbocycles. The van der Waals surface area contributed by atoms with E-state index in [2.05, 4.69) is 5.32 Å². The molecule has 1 aromatic carbocycles. The van der Waals surface area contributed by atoms with Gasteiger partial charge in [0.2, 0.25) is 0 Å². The average molecular weight is 233 g/mol. The van der Waals surface area contributed by atoms with Gasteiger partial charge in [0.15, 0.2) is 0 Å². The Bertz CT molecular complexity index is 423. The molecule has 4 rings (SSSR count). The van der Waals surface area contributed by atoms with Gasteiger partial charge in [-0.15, -0.1) is 0 Å². The van der Waals surface area contributed by atoms with Crippen LogP contribution in [0.1, 0.15) is 24.8 Å². The number of carbonyl (C=O) groups excluding carboxylic acids is 1. The van der Waals surface area contributed by atoms with Gasteiger partial charge in [0.25, 0.3) is 0 Å². The highest BCUT2D eigenvalue weighted by Crippen LogP contribution is 2.60. The minimum absolute atomic E-state index is 0.178. The summed E-state index contributed by atoms with van der Waals surface area (Å²) in [5.74, 6) is 0. The third-order valence-electron chi connectivity index (χ3n) is 3.58. The third kappa shape index (κ3) is 1.89. The van der Waals surface area contributed by atoms with E-state index in [9.17, 15) is 9.90 Å². The first kappa shape index (κ1) is 10.6. The Morgan fingerprint density at radius 1 is 1.29 bits per heavy atom. The molecule has 2 N–H and O–H groups in total. The van der Waals surface area contributed by atoms with Gasteiger partial charge in [0.05, 0.1) is 11.1 Å². The molecular formula is C13H15NO3. The molecule has 0 radical (unpaired) electrons. The fraction of sp³-hybridized carbons (Fsp3) is 0.462. The van der Waals surface area contributed by atoms with E-state index in [4.69, 9.17) is 4.74 Å². The van der Waals surface area contributed by atoms with Gasteiger partial charge in [-0.05, 0) is 24.8 Å². The summed E-state index contributed by atoms with van der Waals surface area (Å²) in [7, 11) is 0. The number of amides is 1. The molecule has 3 fully saturated rings. The van der Waals surface area contributed by atoms with Crippen molar-refractivity contribution in [3.63, 3.8) is 0 Å². The molecule has 0 aromatic heterocycles. The number of rotatable bonds is 3. The fourth-order valence-electron chi connectivity index (χ4n) is 2.84. The number of hydrogen-bond donors (Lipinski definition) is 2. The van der Waals surface area contributed by atoms with Crippen LogP contribution in [0.15, 0.2) is 30.3 Å². The van der Waals surface area contributed by atoms with Gasteiger partial charge in [-0.3, -0.25) is 0 Å². The van der Waals surface area contributed by atoms with E-state index in [1.807, 2.05) is 30.3 Å². The molecule has 90 valence electrons. The minimum Gasteiger partial charge on any atom is -0.445 e. The summed E-state index contributed by atoms with van der Waals surface area (Å²) in [6.07, 6.45) is 1.61. The molecule has 2 bridgehead atoms. The van der Waals surface area contributed by atoms with Gasteiger partial charge in [0, 0.05) is 0 Å². The Balaban J connectivity index is 1.46. The van der Waals surface area contributed by atoms with Crippen molar-refractivity contribution in [1.29, 1.82) is 0 Å². The lowest BCUT2D eigenvalue weighted by molar-refractivity contribution is -0.217. The first-order valence-electron chi connectivity index (χ1n) is 5.81. The van der Waals surface area contributed by atoms with Crippen LogP contribution in [0.2, 0.25) is 0 Å². The molecule has 0 unspecified atom stereocenters. The lowest BCUT2D eigenvalue weighted by atomic mass is 9.46. The van der Waals surface area contributed by atoms with Crippen molar-refractivity contribution in [2.24, 2.45) is 0 Å². The highest BCUT2D eigenvalue weighted by Gasteiger charge is 2.68. The van der Waals surface area contributed by atoms with E-state index >= 15 is 0 Å². The van der Waals surface area contributed by atoms with Crippen LogP contribution in [-0.4, -0.2) is 22.3 Å². The zero-order chi connectivity index (χ0) is 11.9. The zero-order valence-electron chi connectivity index (χ0n) is 9.48. The summed E-state index contributed by atoms with van der Waals surface area (Å²) in [6, 6.07) is 9.57. The number of benzene rings is 1. The maximum atomic E-state index is 11.5. The Kier molecular flexibility index (Phi) is 2.16. The van der Waals surface area contributed by atoms with Crippen LogP contribution in [0.5, 0.6) is 0 Å². The minimum atomic E-state index is -0.493. The van der Waals surface area contributed by atoms with E-state index in [0.717, 1.165) is 5.56 Å². The summed E-state index contributed by atoms with van der Waals surface area (Å²) in [5.41, 5.74) is 0.300. The van der Waals surface area contributed by atoms with Crippen molar-refractivity contribution in [1.82, 2.24) is 5.32 Å². The molecular weight excluding hydrogens is 218 g/mol. The van der Waals surface area contributed by atoms with Crippen LogP contribution >= 0.6 is 0 Å². The second kappa shape index (κ2) is 3.47. The Hall–Kier alpha value is -1.55. The predicted octanol–water partition coefficient (Wildman–Crippen LogP) is 1.58. The van der Waals surface area contributed by atoms with Gasteiger partial charge in [0.1, 0.15) is 6.61 Å². The quantitative estimate of drug-likeness (QED) is 0.833. The van der Waals surface area contributed by atoms with Crippen molar-refractivity contribution >= 4 is 6.09 Å². The SMILES string of the molecule is O=C(NC12CC(O)(C1)C2)OCc1ccccc1. The van der Waals surface area contributed by atoms with Crippen molar-refractivity contribution in [3.05, 3.63) is 35.9 Å². The largest absolute Gasteiger partial charge is 0.445 e. The number of nitrogens with one attached hydrogen (secondary N) is 1. The number of ether oxygens (including phenoxy) is 1. The van der Waals surface area contributed by atoms with Crippen LogP contribution in [-0.2, 0) is 11.3 Å². The smallest absolute Gasteiger partial charge is 0.407 e. The summed E-state index contributed by atoms with van der Waals surface area (Å²) in [5, 5.41) is 12.4. The maximum absolute atomic E-state index is 11.5. The van der Waals surface area contributed by atoms with Crippen molar-refractivity contribution < 1.29 is 14.6 Å². The number of hydrogen-bond acceptors (Lipinski definition) is 3. The van der Waals surface area contributed by atoms with E-state index in [1.165, 1.54) is 0 Å². The summed E-state index contributed by atoms with van der Waals surface area (Å²) in [6.45, 7) is 0.285. The van der Waals surface area contributed by atoms with Gasteiger partial charge in [-0.25, -0.2) is 4.79 Å². The molecule has 0 aliphatic heterocycles. The Morgan fingerprint density at radius 3 is 2.53 bits per heavy atom. The Labute approximate surface area is 99.6 Å². The highest BCUT2D eigenvalue weighted by molar-refractivity contribution is 5.69. The second-order valence-electron chi connectivity index (χ2n) is 5.22. The van der Waals surface area contributed by atoms with Crippen molar-refractivity contribution in [2.75, 3.05) is 0 Å². The van der Waals surface area contributed by atoms with Crippen LogP contribution < -0.4 is 5.32 Å². The van der Waals surface area contributed by atoms with Crippen LogP contribution in [0.3, 0.4) is 0 Å². The van der Waals surface area contributed by atoms with Crippen LogP contribution in [0, 0.1) is 0 Å². The summed E-state index contributed by atoms with van der Waals surface area (Å²) >= 11 is 0. The Morgan fingerprint density at radius 2 is 1.94 bits per heavy atom. The number of carbonyl (C=O) groups is 1. The van der Waals surface area contributed by atoms with E-state index in [0.29, 0.717) is 19.3 Å². The first-order valence-corrected chi connectivity index (χ1v) is 5.81. The number of alkyl carbamates (subject to hydrolysis) is 1. The van der Waals surface area contributed by atoms with Gasteiger partial charge in [-0.2, -0.15) is 0 Å². The zero-order valence-corrected chi connectivity index (χ0v) is 9.48. The van der Waals surface area contributed by atoms with Gasteiger partial charge in [-0.1, -0.05) is 30.3 Å². The number of aliphatic hydroxyl groups is 1. The van der Waals surface area contributed by atoms with E-state index in [1.54, 1.807) is 0 Å². The summed E-state index contributed by atoms with van der Waals surface area (Å²) in [4.78, 5) is 11.5. The fourth-order valence-corrected chi connectivity index (χ4v) is 2.84. The molecule has 4 heteroatoms. The van der Waals surface area contributed by atoms with E-state index in [-0.39, 0.29) is 12.1 Å². The lowest BCUT2D eigenvalue weighted by Gasteiger charge is -2.67. The van der Waals surface area contributed by atoms with E-state index < -0.39 is 11.7 Å². The first-order chi connectivity index (χ1) is 8.09. The van der Waals surface area contributed by atoms with Gasteiger partial charge >= 0.3 is 6.09 Å². The molecule has 0 spiro atoms. The molecule has 3 aliphatic carbocycles. The maximum Gasteiger partial charge on any atom is 0.407 e. The van der Waals surface area contributed by atoms with Crippen molar-refractivity contribution in [2.45, 2.75) is 37.0 Å². The molecule has 4 nitrogen and oxygen atoms in total. The molecule has 0 heterocycles. The van der Waals surface area contributed by atoms with Crippen molar-refractivity contribution in [3.8, 4) is 0 Å².